The molecule has 1 amide bonds. The number of aryl methyl sites for hydroxylation is 1. The first-order valence-electron chi connectivity index (χ1n) is 6.31. The summed E-state index contributed by atoms with van der Waals surface area (Å²) in [5, 5.41) is 8.72. The van der Waals surface area contributed by atoms with Crippen LogP contribution >= 0.6 is 0 Å². The van der Waals surface area contributed by atoms with E-state index in [0.29, 0.717) is 25.3 Å². The van der Waals surface area contributed by atoms with E-state index < -0.39 is 0 Å². The second-order valence-electron chi connectivity index (χ2n) is 4.61. The van der Waals surface area contributed by atoms with Crippen LogP contribution < -0.4 is 0 Å². The van der Waals surface area contributed by atoms with Gasteiger partial charge >= 0.3 is 0 Å². The normalized spacial score (nSPS) is 10.9. The van der Waals surface area contributed by atoms with Crippen molar-refractivity contribution in [3.05, 3.63) is 29.7 Å². The lowest BCUT2D eigenvalue weighted by Gasteiger charge is -2.16. The zero-order chi connectivity index (χ0) is 13.8. The fourth-order valence-corrected chi connectivity index (χ4v) is 1.97. The lowest BCUT2D eigenvalue weighted by Crippen LogP contribution is -2.26. The number of aliphatic hydroxyl groups is 1. The van der Waals surface area contributed by atoms with Crippen molar-refractivity contribution in [1.82, 2.24) is 9.88 Å². The van der Waals surface area contributed by atoms with Gasteiger partial charge in [0, 0.05) is 33.5 Å². The number of aliphatic hydroxyl groups excluding tert-OH is 1. The number of amides is 1. The molecule has 0 saturated heterocycles. The Bertz CT molecular complexity index is 577. The van der Waals surface area contributed by atoms with Crippen LogP contribution in [-0.2, 0) is 11.3 Å². The monoisotopic (exact) mass is 262 g/mol. The lowest BCUT2D eigenvalue weighted by atomic mass is 10.2. The largest absolute Gasteiger partial charge is 0.441 e. The molecule has 2 rings (SSSR count). The van der Waals surface area contributed by atoms with Crippen molar-refractivity contribution >= 4 is 17.0 Å². The van der Waals surface area contributed by atoms with Crippen LogP contribution in [0.25, 0.3) is 11.1 Å². The van der Waals surface area contributed by atoms with Crippen LogP contribution in [0.1, 0.15) is 24.3 Å². The molecule has 5 heteroatoms. The van der Waals surface area contributed by atoms with Gasteiger partial charge in [0.05, 0.1) is 0 Å². The first kappa shape index (κ1) is 13.5. The molecule has 1 aromatic heterocycles. The van der Waals surface area contributed by atoms with Crippen LogP contribution in [0.15, 0.2) is 22.6 Å². The molecule has 102 valence electrons. The topological polar surface area (TPSA) is 66.6 Å². The summed E-state index contributed by atoms with van der Waals surface area (Å²) >= 11 is 0. The summed E-state index contributed by atoms with van der Waals surface area (Å²) in [6, 6.07) is 5.74. The highest BCUT2D eigenvalue weighted by atomic mass is 16.3. The minimum atomic E-state index is 0.0329. The highest BCUT2D eigenvalue weighted by Crippen LogP contribution is 2.17. The Labute approximate surface area is 111 Å². The van der Waals surface area contributed by atoms with Gasteiger partial charge < -0.3 is 14.4 Å². The van der Waals surface area contributed by atoms with Crippen LogP contribution in [0.4, 0.5) is 0 Å². The predicted octanol–water partition coefficient (Wildman–Crippen LogP) is 1.87. The smallest absolute Gasteiger partial charge is 0.222 e. The number of carbonyl (C=O) groups excluding carboxylic acids is 1. The van der Waals surface area contributed by atoms with Crippen molar-refractivity contribution < 1.29 is 14.3 Å². The lowest BCUT2D eigenvalue weighted by molar-refractivity contribution is -0.130. The van der Waals surface area contributed by atoms with Crippen LogP contribution in [0.5, 0.6) is 0 Å². The Morgan fingerprint density at radius 2 is 2.26 bits per heavy atom. The maximum atomic E-state index is 11.8. The third-order valence-electron chi connectivity index (χ3n) is 2.95. The summed E-state index contributed by atoms with van der Waals surface area (Å²) in [4.78, 5) is 17.7. The van der Waals surface area contributed by atoms with Crippen molar-refractivity contribution in [2.24, 2.45) is 0 Å². The average molecular weight is 262 g/mol. The van der Waals surface area contributed by atoms with Crippen molar-refractivity contribution in [3.63, 3.8) is 0 Å². The molecule has 0 aliphatic heterocycles. The van der Waals surface area contributed by atoms with Gasteiger partial charge in [-0.1, -0.05) is 6.07 Å². The van der Waals surface area contributed by atoms with Crippen molar-refractivity contribution in [1.29, 1.82) is 0 Å². The molecule has 1 aromatic carbocycles. The van der Waals surface area contributed by atoms with Crippen molar-refractivity contribution in [2.45, 2.75) is 26.3 Å². The summed E-state index contributed by atoms with van der Waals surface area (Å²) in [6.07, 6.45) is 0.878. The molecule has 0 aliphatic rings. The van der Waals surface area contributed by atoms with Crippen LogP contribution in [-0.4, -0.2) is 34.6 Å². The molecule has 0 unspecified atom stereocenters. The van der Waals surface area contributed by atoms with Gasteiger partial charge in [-0.2, -0.15) is 0 Å². The van der Waals surface area contributed by atoms with E-state index in [1.807, 2.05) is 25.1 Å². The van der Waals surface area contributed by atoms with E-state index in [2.05, 4.69) is 4.98 Å². The summed E-state index contributed by atoms with van der Waals surface area (Å²) < 4.78 is 5.41. The van der Waals surface area contributed by atoms with Crippen LogP contribution in [0, 0.1) is 6.92 Å². The van der Waals surface area contributed by atoms with Gasteiger partial charge in [0.2, 0.25) is 5.91 Å². The minimum Gasteiger partial charge on any atom is -0.441 e. The third-order valence-corrected chi connectivity index (χ3v) is 2.95. The zero-order valence-corrected chi connectivity index (χ0v) is 11.2. The van der Waals surface area contributed by atoms with Gasteiger partial charge in [0.1, 0.15) is 5.52 Å². The number of fused-ring (bicyclic) bond motifs is 1. The summed E-state index contributed by atoms with van der Waals surface area (Å²) in [5.74, 6) is 0.671. The number of hydrogen-bond acceptors (Lipinski definition) is 4. The predicted molar refractivity (Wildman–Crippen MR) is 71.5 cm³/mol. The fraction of sp³-hybridized carbons (Fsp3) is 0.429. The van der Waals surface area contributed by atoms with Gasteiger partial charge in [-0.15, -0.1) is 0 Å². The quantitative estimate of drug-likeness (QED) is 0.893. The maximum absolute atomic E-state index is 11.8. The van der Waals surface area contributed by atoms with Gasteiger partial charge in [0.15, 0.2) is 11.5 Å². The zero-order valence-electron chi connectivity index (χ0n) is 11.2. The molecule has 1 N–H and O–H groups in total. The van der Waals surface area contributed by atoms with E-state index in [-0.39, 0.29) is 12.5 Å². The molecule has 0 bridgehead atoms. The molecular weight excluding hydrogens is 244 g/mol. The molecule has 0 aliphatic carbocycles. The number of hydrogen-bond donors (Lipinski definition) is 1. The first-order valence-corrected chi connectivity index (χ1v) is 6.31. The van der Waals surface area contributed by atoms with Gasteiger partial charge in [-0.05, 0) is 24.1 Å². The number of benzene rings is 1. The van der Waals surface area contributed by atoms with Crippen molar-refractivity contribution in [3.8, 4) is 0 Å². The summed E-state index contributed by atoms with van der Waals surface area (Å²) in [5.41, 5.74) is 2.59. The van der Waals surface area contributed by atoms with E-state index in [1.54, 1.807) is 11.9 Å². The highest BCUT2D eigenvalue weighted by Gasteiger charge is 2.10. The molecule has 0 atom stereocenters. The van der Waals surface area contributed by atoms with E-state index in [9.17, 15) is 4.79 Å². The first-order chi connectivity index (χ1) is 9.10. The van der Waals surface area contributed by atoms with Crippen LogP contribution in [0.2, 0.25) is 0 Å². The molecule has 19 heavy (non-hydrogen) atoms. The fourth-order valence-electron chi connectivity index (χ4n) is 1.97. The van der Waals surface area contributed by atoms with E-state index >= 15 is 0 Å². The number of nitrogens with zero attached hydrogens (tertiary/aromatic N) is 2. The molecule has 0 spiro atoms. The Morgan fingerprint density at radius 1 is 1.47 bits per heavy atom. The average Bonchev–Trinajstić information content (AvgIpc) is 2.75. The Hall–Kier alpha value is -1.88. The Balaban J connectivity index is 2.05. The van der Waals surface area contributed by atoms with Crippen molar-refractivity contribution in [2.75, 3.05) is 13.7 Å². The second kappa shape index (κ2) is 5.84. The molecule has 5 nitrogen and oxygen atoms in total. The Morgan fingerprint density at radius 3 is 3.00 bits per heavy atom. The molecule has 0 fully saturated rings. The number of oxazole rings is 1. The minimum absolute atomic E-state index is 0.0329. The third kappa shape index (κ3) is 3.32. The number of aromatic nitrogens is 1. The molecule has 1 heterocycles. The number of rotatable bonds is 5. The van der Waals surface area contributed by atoms with E-state index in [0.717, 1.165) is 16.7 Å². The van der Waals surface area contributed by atoms with Gasteiger partial charge in [0.25, 0.3) is 0 Å². The molecular formula is C14H18N2O3. The highest BCUT2D eigenvalue weighted by molar-refractivity contribution is 5.76. The molecule has 2 aromatic rings. The Kier molecular flexibility index (Phi) is 4.16. The standard InChI is InChI=1S/C14H18N2O3/c1-10-15-12-8-11(5-6-13(12)19-10)9-16(2)14(18)4-3-7-17/h5-6,8,17H,3-4,7,9H2,1-2H3. The van der Waals surface area contributed by atoms with Gasteiger partial charge in [-0.3, -0.25) is 4.79 Å². The van der Waals surface area contributed by atoms with Crippen LogP contribution in [0.3, 0.4) is 0 Å². The molecule has 0 saturated carbocycles. The maximum Gasteiger partial charge on any atom is 0.222 e. The molecule has 0 radical (unpaired) electrons. The van der Waals surface area contributed by atoms with E-state index in [4.69, 9.17) is 9.52 Å². The summed E-state index contributed by atoms with van der Waals surface area (Å²) in [6.45, 7) is 2.39. The van der Waals surface area contributed by atoms with Gasteiger partial charge in [-0.25, -0.2) is 4.98 Å². The number of carbonyl (C=O) groups is 1. The van der Waals surface area contributed by atoms with E-state index in [1.165, 1.54) is 0 Å². The SMILES string of the molecule is Cc1nc2cc(CN(C)C(=O)CCCO)ccc2o1. The summed E-state index contributed by atoms with van der Waals surface area (Å²) in [7, 11) is 1.76. The second-order valence-corrected chi connectivity index (χ2v) is 4.61.